The maximum absolute atomic E-state index is 12.9. The van der Waals surface area contributed by atoms with Crippen molar-refractivity contribution in [3.8, 4) is 17.2 Å². The Balaban J connectivity index is 2.01. The number of methoxy groups -OCH3 is 2. The van der Waals surface area contributed by atoms with E-state index in [1.165, 1.54) is 38.5 Å². The standard InChI is InChI=1S/C20H16F3N3O5/c1-30-15-7-6-13(9-16(15)31-2)26-18(28)14(10-24-19(26)29)17(27)25-12-5-3-4-11(8-12)20(21,22)23/h3-10H,1-2H3,(H,24,29)(H,25,27). The van der Waals surface area contributed by atoms with Gasteiger partial charge in [-0.2, -0.15) is 13.2 Å². The number of rotatable bonds is 5. The van der Waals surface area contributed by atoms with Gasteiger partial charge in [0, 0.05) is 18.0 Å². The minimum absolute atomic E-state index is 0.0950. The fourth-order valence-corrected chi connectivity index (χ4v) is 2.81. The number of ether oxygens (including phenoxy) is 2. The van der Waals surface area contributed by atoms with E-state index in [1.54, 1.807) is 0 Å². The Kier molecular flexibility index (Phi) is 5.86. The van der Waals surface area contributed by atoms with Gasteiger partial charge in [-0.05, 0) is 30.3 Å². The van der Waals surface area contributed by atoms with Gasteiger partial charge in [-0.3, -0.25) is 9.59 Å². The molecule has 3 rings (SSSR count). The van der Waals surface area contributed by atoms with E-state index >= 15 is 0 Å². The van der Waals surface area contributed by atoms with E-state index in [-0.39, 0.29) is 17.1 Å². The fraction of sp³-hybridized carbons (Fsp3) is 0.150. The summed E-state index contributed by atoms with van der Waals surface area (Å²) in [5, 5.41) is 2.23. The first-order valence-corrected chi connectivity index (χ1v) is 8.71. The molecule has 0 bridgehead atoms. The summed E-state index contributed by atoms with van der Waals surface area (Å²) in [6, 6.07) is 8.18. The van der Waals surface area contributed by atoms with Crippen LogP contribution in [0.4, 0.5) is 18.9 Å². The van der Waals surface area contributed by atoms with Crippen LogP contribution in [0.3, 0.4) is 0 Å². The number of nitrogens with one attached hydrogen (secondary N) is 2. The van der Waals surface area contributed by atoms with Crippen LogP contribution in [0.5, 0.6) is 11.5 Å². The number of anilines is 1. The quantitative estimate of drug-likeness (QED) is 0.642. The average Bonchev–Trinajstić information content (AvgIpc) is 2.73. The topological polar surface area (TPSA) is 102 Å². The third kappa shape index (κ3) is 4.44. The molecular weight excluding hydrogens is 419 g/mol. The summed E-state index contributed by atoms with van der Waals surface area (Å²) in [5.74, 6) is -0.394. The maximum atomic E-state index is 12.9. The number of benzene rings is 2. The van der Waals surface area contributed by atoms with Crippen LogP contribution in [0.15, 0.2) is 58.3 Å². The molecule has 0 fully saturated rings. The molecule has 8 nitrogen and oxygen atoms in total. The summed E-state index contributed by atoms with van der Waals surface area (Å²) in [7, 11) is 2.78. The molecule has 2 N–H and O–H groups in total. The normalized spacial score (nSPS) is 11.1. The number of aromatic amines is 1. The Morgan fingerprint density at radius 3 is 2.39 bits per heavy atom. The van der Waals surface area contributed by atoms with E-state index in [2.05, 4.69) is 10.3 Å². The van der Waals surface area contributed by atoms with Crippen LogP contribution in [0, 0.1) is 0 Å². The molecule has 0 saturated heterocycles. The molecule has 0 aliphatic rings. The first-order valence-electron chi connectivity index (χ1n) is 8.71. The molecule has 0 atom stereocenters. The van der Waals surface area contributed by atoms with Crippen molar-refractivity contribution in [3.63, 3.8) is 0 Å². The Morgan fingerprint density at radius 2 is 1.74 bits per heavy atom. The van der Waals surface area contributed by atoms with Crippen molar-refractivity contribution in [2.24, 2.45) is 0 Å². The molecule has 0 aliphatic carbocycles. The SMILES string of the molecule is COc1ccc(-n2c(=O)[nH]cc(C(=O)Nc3cccc(C(F)(F)F)c3)c2=O)cc1OC. The molecular formula is C20H16F3N3O5. The molecule has 0 radical (unpaired) electrons. The first-order chi connectivity index (χ1) is 14.7. The van der Waals surface area contributed by atoms with Gasteiger partial charge in [0.1, 0.15) is 5.56 Å². The molecule has 0 spiro atoms. The van der Waals surface area contributed by atoms with Crippen molar-refractivity contribution < 1.29 is 27.4 Å². The molecule has 3 aromatic rings. The Morgan fingerprint density at radius 1 is 1.03 bits per heavy atom. The lowest BCUT2D eigenvalue weighted by atomic mass is 10.2. The molecule has 0 aliphatic heterocycles. The smallest absolute Gasteiger partial charge is 0.416 e. The number of hydrogen-bond acceptors (Lipinski definition) is 5. The molecule has 11 heteroatoms. The molecule has 1 heterocycles. The maximum Gasteiger partial charge on any atom is 0.416 e. The molecule has 0 saturated carbocycles. The highest BCUT2D eigenvalue weighted by molar-refractivity contribution is 6.03. The largest absolute Gasteiger partial charge is 0.493 e. The molecule has 162 valence electrons. The van der Waals surface area contributed by atoms with E-state index in [4.69, 9.17) is 9.47 Å². The van der Waals surface area contributed by atoms with Crippen LogP contribution >= 0.6 is 0 Å². The number of H-pyrrole nitrogens is 1. The van der Waals surface area contributed by atoms with Crippen LogP contribution in [0.1, 0.15) is 15.9 Å². The zero-order chi connectivity index (χ0) is 22.8. The zero-order valence-electron chi connectivity index (χ0n) is 16.2. The summed E-state index contributed by atoms with van der Waals surface area (Å²) in [6.45, 7) is 0. The van der Waals surface area contributed by atoms with Crippen molar-refractivity contribution in [2.75, 3.05) is 19.5 Å². The molecule has 2 aromatic carbocycles. The average molecular weight is 435 g/mol. The van der Waals surface area contributed by atoms with Gasteiger partial charge in [-0.15, -0.1) is 0 Å². The van der Waals surface area contributed by atoms with Gasteiger partial charge in [0.2, 0.25) is 0 Å². The van der Waals surface area contributed by atoms with E-state index < -0.39 is 34.5 Å². The van der Waals surface area contributed by atoms with E-state index in [9.17, 15) is 27.6 Å². The van der Waals surface area contributed by atoms with Crippen molar-refractivity contribution in [1.29, 1.82) is 0 Å². The fourth-order valence-electron chi connectivity index (χ4n) is 2.81. The lowest BCUT2D eigenvalue weighted by molar-refractivity contribution is -0.137. The van der Waals surface area contributed by atoms with Crippen LogP contribution in [0.2, 0.25) is 0 Å². The molecule has 31 heavy (non-hydrogen) atoms. The summed E-state index contributed by atoms with van der Waals surface area (Å²) in [5.41, 5.74) is -3.31. The van der Waals surface area contributed by atoms with Gasteiger partial charge in [0.15, 0.2) is 11.5 Å². The molecule has 0 unspecified atom stereocenters. The number of nitrogens with zero attached hydrogens (tertiary/aromatic N) is 1. The van der Waals surface area contributed by atoms with Gasteiger partial charge in [-0.25, -0.2) is 9.36 Å². The second-order valence-corrected chi connectivity index (χ2v) is 6.22. The van der Waals surface area contributed by atoms with E-state index in [1.807, 2.05) is 0 Å². The number of alkyl halides is 3. The second-order valence-electron chi connectivity index (χ2n) is 6.22. The second kappa shape index (κ2) is 8.38. The van der Waals surface area contributed by atoms with Gasteiger partial charge in [0.05, 0.1) is 25.5 Å². The third-order valence-electron chi connectivity index (χ3n) is 4.29. The lowest BCUT2D eigenvalue weighted by Crippen LogP contribution is -2.38. The summed E-state index contributed by atoms with van der Waals surface area (Å²) < 4.78 is 49.6. The van der Waals surface area contributed by atoms with E-state index in [0.717, 1.165) is 24.4 Å². The minimum Gasteiger partial charge on any atom is -0.493 e. The van der Waals surface area contributed by atoms with Gasteiger partial charge >= 0.3 is 11.9 Å². The van der Waals surface area contributed by atoms with Crippen molar-refractivity contribution >= 4 is 11.6 Å². The number of carbonyl (C=O) groups is 1. The van der Waals surface area contributed by atoms with Crippen LogP contribution in [-0.2, 0) is 6.18 Å². The van der Waals surface area contributed by atoms with Crippen molar-refractivity contribution in [1.82, 2.24) is 9.55 Å². The van der Waals surface area contributed by atoms with Crippen LogP contribution in [-0.4, -0.2) is 29.7 Å². The number of halogens is 3. The highest BCUT2D eigenvalue weighted by Crippen LogP contribution is 2.31. The Labute approximate surface area is 172 Å². The Bertz CT molecular complexity index is 1250. The summed E-state index contributed by atoms with van der Waals surface area (Å²) in [4.78, 5) is 39.9. The van der Waals surface area contributed by atoms with Gasteiger partial charge in [0.25, 0.3) is 11.5 Å². The third-order valence-corrected chi connectivity index (χ3v) is 4.29. The highest BCUT2D eigenvalue weighted by atomic mass is 19.4. The lowest BCUT2D eigenvalue weighted by Gasteiger charge is -2.12. The number of amides is 1. The van der Waals surface area contributed by atoms with Crippen molar-refractivity contribution in [2.45, 2.75) is 6.18 Å². The van der Waals surface area contributed by atoms with Crippen LogP contribution in [0.25, 0.3) is 5.69 Å². The number of hydrogen-bond donors (Lipinski definition) is 2. The molecule has 1 amide bonds. The molecule has 1 aromatic heterocycles. The minimum atomic E-state index is -4.60. The predicted octanol–water partition coefficient (Wildman–Crippen LogP) is 2.81. The predicted molar refractivity (Wildman–Crippen MR) is 105 cm³/mol. The van der Waals surface area contributed by atoms with Crippen LogP contribution < -0.4 is 26.0 Å². The first kappa shape index (κ1) is 21.7. The van der Waals surface area contributed by atoms with Gasteiger partial charge in [-0.1, -0.05) is 6.07 Å². The Hall–Kier alpha value is -4.02. The number of aromatic nitrogens is 2. The summed E-state index contributed by atoms with van der Waals surface area (Å²) >= 11 is 0. The highest BCUT2D eigenvalue weighted by Gasteiger charge is 2.30. The summed E-state index contributed by atoms with van der Waals surface area (Å²) in [6.07, 6.45) is -3.70. The number of carbonyl (C=O) groups excluding carboxylic acids is 1. The monoisotopic (exact) mass is 435 g/mol. The van der Waals surface area contributed by atoms with Gasteiger partial charge < -0.3 is 19.8 Å². The van der Waals surface area contributed by atoms with Crippen molar-refractivity contribution in [3.05, 3.63) is 80.6 Å². The zero-order valence-corrected chi connectivity index (χ0v) is 16.2. The van der Waals surface area contributed by atoms with E-state index in [0.29, 0.717) is 10.3 Å².